The van der Waals surface area contributed by atoms with E-state index in [2.05, 4.69) is 10.6 Å². The Labute approximate surface area is 218 Å². The molecule has 1 aliphatic rings. The quantitative estimate of drug-likeness (QED) is 0.367. The van der Waals surface area contributed by atoms with E-state index in [0.717, 1.165) is 17.0 Å². The molecule has 1 unspecified atom stereocenters. The third-order valence-corrected chi connectivity index (χ3v) is 7.28. The molecule has 3 aromatic rings. The molecule has 2 aromatic carbocycles. The van der Waals surface area contributed by atoms with Crippen LogP contribution in [0, 0.1) is 5.41 Å². The zero-order valence-corrected chi connectivity index (χ0v) is 22.1. The van der Waals surface area contributed by atoms with Crippen LogP contribution >= 0.6 is 11.6 Å². The minimum Gasteiger partial charge on any atom is -0.457 e. The summed E-state index contributed by atoms with van der Waals surface area (Å²) in [7, 11) is 0. The minimum absolute atomic E-state index is 0.00817. The molecule has 6 nitrogen and oxygen atoms in total. The molecule has 0 radical (unpaired) electrons. The maximum atomic E-state index is 13.8. The highest BCUT2D eigenvalue weighted by atomic mass is 35.5. The third-order valence-electron chi connectivity index (χ3n) is 6.61. The molecule has 7 heteroatoms. The average molecular weight is 508 g/mol. The molecule has 1 atom stereocenters. The highest BCUT2D eigenvalue weighted by molar-refractivity contribution is 6.19. The standard InChI is InChI=1S/C29H34ClN3O3/c1-21(2)33(28(35)29(3,4)20-30)19-26(34)32-17-16-31-15-9-14-25(31)27(32)22-10-8-13-24(18-22)36-23-11-6-5-7-12-23/h5-15,18,21,27H,16-17,19-20H2,1-4H3. The number of alkyl halides is 1. The average Bonchev–Trinajstić information content (AvgIpc) is 3.35. The molecule has 0 bridgehead atoms. The molecule has 0 saturated heterocycles. The lowest BCUT2D eigenvalue weighted by atomic mass is 9.93. The fraction of sp³-hybridized carbons (Fsp3) is 0.379. The molecule has 36 heavy (non-hydrogen) atoms. The largest absolute Gasteiger partial charge is 0.457 e. The number of fused-ring (bicyclic) bond motifs is 1. The SMILES string of the molecule is CC(C)N(CC(=O)N1CCn2cccc2C1c1cccc(Oc2ccccc2)c1)C(=O)C(C)(C)CCl. The number of halogens is 1. The summed E-state index contributed by atoms with van der Waals surface area (Å²) in [6, 6.07) is 21.2. The van der Waals surface area contributed by atoms with Gasteiger partial charge in [0.1, 0.15) is 18.0 Å². The van der Waals surface area contributed by atoms with Crippen molar-refractivity contribution in [3.8, 4) is 11.5 Å². The second-order valence-electron chi connectivity index (χ2n) is 10.1. The molecule has 0 saturated carbocycles. The molecular weight excluding hydrogens is 474 g/mol. The van der Waals surface area contributed by atoms with E-state index in [0.29, 0.717) is 18.8 Å². The van der Waals surface area contributed by atoms with Crippen molar-refractivity contribution in [3.05, 3.63) is 84.2 Å². The lowest BCUT2D eigenvalue weighted by Crippen LogP contribution is -2.52. The minimum atomic E-state index is -0.745. The lowest BCUT2D eigenvalue weighted by Gasteiger charge is -2.40. The summed E-state index contributed by atoms with van der Waals surface area (Å²) < 4.78 is 8.26. The normalized spacial score (nSPS) is 15.5. The number of nitrogens with zero attached hydrogens (tertiary/aromatic N) is 3. The van der Waals surface area contributed by atoms with Crippen LogP contribution < -0.4 is 4.74 Å². The number of amides is 2. The monoisotopic (exact) mass is 507 g/mol. The summed E-state index contributed by atoms with van der Waals surface area (Å²) in [5.74, 6) is 1.45. The maximum Gasteiger partial charge on any atom is 0.243 e. The Kier molecular flexibility index (Phi) is 7.74. The fourth-order valence-corrected chi connectivity index (χ4v) is 4.66. The number of hydrogen-bond donors (Lipinski definition) is 0. The van der Waals surface area contributed by atoms with Gasteiger partial charge >= 0.3 is 0 Å². The van der Waals surface area contributed by atoms with Crippen molar-refractivity contribution in [3.63, 3.8) is 0 Å². The molecule has 0 N–H and O–H groups in total. The summed E-state index contributed by atoms with van der Waals surface area (Å²) in [4.78, 5) is 30.5. The third kappa shape index (κ3) is 5.44. The maximum absolute atomic E-state index is 13.8. The summed E-state index contributed by atoms with van der Waals surface area (Å²) in [5.41, 5.74) is 1.25. The number of hydrogen-bond acceptors (Lipinski definition) is 3. The Balaban J connectivity index is 1.64. The van der Waals surface area contributed by atoms with Gasteiger partial charge in [-0.15, -0.1) is 11.6 Å². The van der Waals surface area contributed by atoms with Gasteiger partial charge in [0.05, 0.1) is 11.5 Å². The van der Waals surface area contributed by atoms with Crippen LogP contribution in [0.25, 0.3) is 0 Å². The van der Waals surface area contributed by atoms with Gasteiger partial charge in [-0.25, -0.2) is 0 Å². The van der Waals surface area contributed by atoms with Gasteiger partial charge in [0.15, 0.2) is 0 Å². The van der Waals surface area contributed by atoms with E-state index in [-0.39, 0.29) is 36.3 Å². The van der Waals surface area contributed by atoms with Crippen LogP contribution in [0.4, 0.5) is 0 Å². The van der Waals surface area contributed by atoms with Crippen molar-refractivity contribution in [2.75, 3.05) is 19.0 Å². The number of carbonyl (C=O) groups excluding carboxylic acids is 2. The molecule has 1 aromatic heterocycles. The highest BCUT2D eigenvalue weighted by Crippen LogP contribution is 2.35. The van der Waals surface area contributed by atoms with E-state index < -0.39 is 5.41 Å². The van der Waals surface area contributed by atoms with Crippen molar-refractivity contribution in [2.45, 2.75) is 46.3 Å². The Morgan fingerprint density at radius 3 is 2.44 bits per heavy atom. The first kappa shape index (κ1) is 25.8. The zero-order chi connectivity index (χ0) is 25.9. The number of para-hydroxylation sites is 1. The van der Waals surface area contributed by atoms with Crippen LogP contribution in [0.1, 0.15) is 45.0 Å². The fourth-order valence-electron chi connectivity index (χ4n) is 4.55. The summed E-state index contributed by atoms with van der Waals surface area (Å²) in [6.07, 6.45) is 2.04. The molecular formula is C29H34ClN3O3. The molecule has 4 rings (SSSR count). The van der Waals surface area contributed by atoms with Crippen LogP contribution in [0.3, 0.4) is 0 Å². The van der Waals surface area contributed by atoms with Crippen molar-refractivity contribution in [1.82, 2.24) is 14.4 Å². The van der Waals surface area contributed by atoms with E-state index in [9.17, 15) is 9.59 Å². The Morgan fingerprint density at radius 2 is 1.75 bits per heavy atom. The van der Waals surface area contributed by atoms with Crippen molar-refractivity contribution in [1.29, 1.82) is 0 Å². The topological polar surface area (TPSA) is 54.8 Å². The second kappa shape index (κ2) is 10.8. The molecule has 0 aliphatic carbocycles. The summed E-state index contributed by atoms with van der Waals surface area (Å²) in [6.45, 7) is 8.75. The molecule has 2 heterocycles. The van der Waals surface area contributed by atoms with E-state index in [1.54, 1.807) is 4.90 Å². The van der Waals surface area contributed by atoms with Crippen molar-refractivity contribution in [2.24, 2.45) is 5.41 Å². The number of carbonyl (C=O) groups is 2. The summed E-state index contributed by atoms with van der Waals surface area (Å²) in [5, 5.41) is 0. The number of rotatable bonds is 8. The second-order valence-corrected chi connectivity index (χ2v) is 10.4. The first-order valence-corrected chi connectivity index (χ1v) is 12.9. The van der Waals surface area contributed by atoms with Crippen LogP contribution in [0.15, 0.2) is 72.9 Å². The van der Waals surface area contributed by atoms with Gasteiger partial charge in [-0.3, -0.25) is 9.59 Å². The Morgan fingerprint density at radius 1 is 1.03 bits per heavy atom. The molecule has 0 fully saturated rings. The molecule has 0 spiro atoms. The predicted molar refractivity (Wildman–Crippen MR) is 142 cm³/mol. The van der Waals surface area contributed by atoms with E-state index in [1.807, 2.05) is 99.5 Å². The van der Waals surface area contributed by atoms with Crippen LogP contribution in [0.2, 0.25) is 0 Å². The van der Waals surface area contributed by atoms with Crippen LogP contribution in [-0.2, 0) is 16.1 Å². The van der Waals surface area contributed by atoms with E-state index >= 15 is 0 Å². The number of benzene rings is 2. The first-order valence-electron chi connectivity index (χ1n) is 12.4. The molecule has 1 aliphatic heterocycles. The first-order chi connectivity index (χ1) is 17.2. The Bertz CT molecular complexity index is 1210. The van der Waals surface area contributed by atoms with E-state index in [4.69, 9.17) is 16.3 Å². The highest BCUT2D eigenvalue weighted by Gasteiger charge is 2.37. The zero-order valence-electron chi connectivity index (χ0n) is 21.4. The van der Waals surface area contributed by atoms with Gasteiger partial charge in [0.2, 0.25) is 11.8 Å². The predicted octanol–water partition coefficient (Wildman–Crippen LogP) is 5.71. The van der Waals surface area contributed by atoms with Gasteiger partial charge in [0.25, 0.3) is 0 Å². The van der Waals surface area contributed by atoms with Crippen LogP contribution in [-0.4, -0.2) is 51.2 Å². The molecule has 190 valence electrons. The Hall–Kier alpha value is -3.25. The number of ether oxygens (including phenoxy) is 1. The van der Waals surface area contributed by atoms with Crippen molar-refractivity contribution < 1.29 is 14.3 Å². The van der Waals surface area contributed by atoms with Gasteiger partial charge < -0.3 is 19.1 Å². The summed E-state index contributed by atoms with van der Waals surface area (Å²) >= 11 is 6.08. The van der Waals surface area contributed by atoms with E-state index in [1.165, 1.54) is 0 Å². The van der Waals surface area contributed by atoms with Crippen molar-refractivity contribution >= 4 is 23.4 Å². The molecule has 2 amide bonds. The van der Waals surface area contributed by atoms with Gasteiger partial charge in [0, 0.05) is 36.9 Å². The van der Waals surface area contributed by atoms with Gasteiger partial charge in [-0.2, -0.15) is 0 Å². The smallest absolute Gasteiger partial charge is 0.243 e. The lowest BCUT2D eigenvalue weighted by molar-refractivity contribution is -0.148. The van der Waals surface area contributed by atoms with Gasteiger partial charge in [-0.05, 0) is 69.7 Å². The number of aromatic nitrogens is 1. The van der Waals surface area contributed by atoms with Gasteiger partial charge in [-0.1, -0.05) is 30.3 Å². The van der Waals surface area contributed by atoms with Crippen LogP contribution in [0.5, 0.6) is 11.5 Å².